The molecule has 3 heterocycles. The number of nitrogens with zero attached hydrogens (tertiary/aromatic N) is 5. The Morgan fingerprint density at radius 2 is 2.07 bits per heavy atom. The van der Waals surface area contributed by atoms with Gasteiger partial charge in [0.2, 0.25) is 5.95 Å². The average molecular weight is 383 g/mol. The van der Waals surface area contributed by atoms with E-state index in [1.165, 1.54) is 6.33 Å². The lowest BCUT2D eigenvalue weighted by Crippen LogP contribution is -2.37. The predicted octanol–water partition coefficient (Wildman–Crippen LogP) is 2.21. The first-order valence-corrected chi connectivity index (χ1v) is 9.53. The molecule has 1 aliphatic heterocycles. The Labute approximate surface area is 163 Å². The highest BCUT2D eigenvalue weighted by atomic mass is 16.5. The number of anilines is 2. The van der Waals surface area contributed by atoms with Crippen LogP contribution in [0.25, 0.3) is 10.9 Å². The molecular formula is C19H25N7O2. The Morgan fingerprint density at radius 3 is 2.86 bits per heavy atom. The minimum Gasteiger partial charge on any atom is -0.493 e. The molecule has 2 N–H and O–H groups in total. The van der Waals surface area contributed by atoms with Crippen LogP contribution < -0.4 is 10.1 Å². The zero-order valence-corrected chi connectivity index (χ0v) is 16.2. The highest BCUT2D eigenvalue weighted by Gasteiger charge is 2.12. The fraction of sp³-hybridized carbons (Fsp3) is 0.474. The van der Waals surface area contributed by atoms with Gasteiger partial charge >= 0.3 is 0 Å². The van der Waals surface area contributed by atoms with Crippen molar-refractivity contribution >= 4 is 22.7 Å². The van der Waals surface area contributed by atoms with Crippen LogP contribution in [0, 0.1) is 13.8 Å². The zero-order valence-electron chi connectivity index (χ0n) is 16.2. The second-order valence-electron chi connectivity index (χ2n) is 6.88. The number of benzene rings is 1. The number of morpholine rings is 1. The van der Waals surface area contributed by atoms with Crippen LogP contribution in [0.4, 0.5) is 11.8 Å². The van der Waals surface area contributed by atoms with Crippen LogP contribution >= 0.6 is 0 Å². The van der Waals surface area contributed by atoms with Crippen LogP contribution in [0.1, 0.15) is 17.8 Å². The molecule has 9 nitrogen and oxygen atoms in total. The fourth-order valence-corrected chi connectivity index (χ4v) is 3.25. The van der Waals surface area contributed by atoms with Crippen molar-refractivity contribution in [2.45, 2.75) is 20.3 Å². The van der Waals surface area contributed by atoms with Crippen LogP contribution in [-0.2, 0) is 4.74 Å². The van der Waals surface area contributed by atoms with Gasteiger partial charge in [0.15, 0.2) is 0 Å². The molecule has 1 saturated heterocycles. The summed E-state index contributed by atoms with van der Waals surface area (Å²) in [6, 6.07) is 4.00. The molecule has 2 aromatic heterocycles. The highest BCUT2D eigenvalue weighted by Crippen LogP contribution is 2.28. The normalized spacial score (nSPS) is 15.1. The van der Waals surface area contributed by atoms with Gasteiger partial charge in [0.25, 0.3) is 0 Å². The number of H-pyrrole nitrogens is 1. The number of rotatable bonds is 7. The minimum absolute atomic E-state index is 0.485. The van der Waals surface area contributed by atoms with Gasteiger partial charge < -0.3 is 14.8 Å². The van der Waals surface area contributed by atoms with E-state index in [0.29, 0.717) is 18.4 Å². The molecular weight excluding hydrogens is 358 g/mol. The summed E-state index contributed by atoms with van der Waals surface area (Å²) < 4.78 is 11.4. The molecule has 0 bridgehead atoms. The van der Waals surface area contributed by atoms with Gasteiger partial charge in [-0.1, -0.05) is 0 Å². The van der Waals surface area contributed by atoms with Crippen molar-refractivity contribution in [1.29, 1.82) is 0 Å². The van der Waals surface area contributed by atoms with E-state index in [1.807, 2.05) is 26.0 Å². The summed E-state index contributed by atoms with van der Waals surface area (Å²) in [5.74, 6) is 2.75. The van der Waals surface area contributed by atoms with E-state index in [1.54, 1.807) is 0 Å². The third kappa shape index (κ3) is 4.37. The Kier molecular flexibility index (Phi) is 5.63. The zero-order chi connectivity index (χ0) is 19.3. The highest BCUT2D eigenvalue weighted by molar-refractivity contribution is 5.91. The van der Waals surface area contributed by atoms with Gasteiger partial charge in [-0.25, -0.2) is 9.97 Å². The van der Waals surface area contributed by atoms with E-state index < -0.39 is 0 Å². The van der Waals surface area contributed by atoms with Gasteiger partial charge in [0.1, 0.15) is 23.7 Å². The second-order valence-corrected chi connectivity index (χ2v) is 6.88. The molecule has 3 aromatic rings. The number of hydrogen-bond acceptors (Lipinski definition) is 8. The van der Waals surface area contributed by atoms with Gasteiger partial charge in [0, 0.05) is 31.1 Å². The molecule has 148 valence electrons. The summed E-state index contributed by atoms with van der Waals surface area (Å²) in [6.45, 7) is 9.26. The molecule has 4 rings (SSSR count). The number of nitrogens with one attached hydrogen (secondary N) is 2. The molecule has 0 radical (unpaired) electrons. The number of aromatic amines is 1. The van der Waals surface area contributed by atoms with Crippen LogP contribution in [0.2, 0.25) is 0 Å². The monoisotopic (exact) mass is 383 g/mol. The van der Waals surface area contributed by atoms with Crippen LogP contribution in [0.15, 0.2) is 18.5 Å². The van der Waals surface area contributed by atoms with E-state index in [-0.39, 0.29) is 0 Å². The standard InChI is InChI=1S/C19H25N7O2/c1-13-10-15-16(20-12-21-18(15)23-19-22-14(2)24-25-19)11-17(13)28-7-3-4-26-5-8-27-9-6-26/h10-12H,3-9H2,1-2H3,(H2,20,21,22,23,24,25). The fourth-order valence-electron chi connectivity index (χ4n) is 3.25. The van der Waals surface area contributed by atoms with E-state index in [9.17, 15) is 0 Å². The molecule has 1 aromatic carbocycles. The smallest absolute Gasteiger partial charge is 0.247 e. The molecule has 1 fully saturated rings. The van der Waals surface area contributed by atoms with Gasteiger partial charge in [-0.2, -0.15) is 4.98 Å². The SMILES string of the molecule is Cc1nc(Nc2ncnc3cc(OCCCN4CCOCC4)c(C)cc23)n[nH]1. The van der Waals surface area contributed by atoms with E-state index in [0.717, 1.165) is 67.3 Å². The minimum atomic E-state index is 0.485. The van der Waals surface area contributed by atoms with Crippen LogP contribution in [0.5, 0.6) is 5.75 Å². The van der Waals surface area contributed by atoms with Crippen molar-refractivity contribution < 1.29 is 9.47 Å². The molecule has 0 spiro atoms. The number of aromatic nitrogens is 5. The van der Waals surface area contributed by atoms with Gasteiger partial charge in [0.05, 0.1) is 25.3 Å². The first-order valence-electron chi connectivity index (χ1n) is 9.53. The summed E-state index contributed by atoms with van der Waals surface area (Å²) in [6.07, 6.45) is 2.51. The second kappa shape index (κ2) is 8.49. The first kappa shape index (κ1) is 18.6. The van der Waals surface area contributed by atoms with E-state index in [2.05, 4.69) is 35.4 Å². The van der Waals surface area contributed by atoms with Crippen LogP contribution in [-0.4, -0.2) is 69.5 Å². The summed E-state index contributed by atoms with van der Waals surface area (Å²) in [7, 11) is 0. The molecule has 0 aliphatic carbocycles. The Hall–Kier alpha value is -2.78. The maximum absolute atomic E-state index is 6.03. The van der Waals surface area contributed by atoms with Crippen molar-refractivity contribution in [3.8, 4) is 5.75 Å². The number of aryl methyl sites for hydroxylation is 2. The van der Waals surface area contributed by atoms with Crippen molar-refractivity contribution in [2.75, 3.05) is 44.8 Å². The lowest BCUT2D eigenvalue weighted by Gasteiger charge is -2.26. The molecule has 0 amide bonds. The van der Waals surface area contributed by atoms with Gasteiger partial charge in [-0.15, -0.1) is 5.10 Å². The summed E-state index contributed by atoms with van der Waals surface area (Å²) >= 11 is 0. The first-order chi connectivity index (χ1) is 13.7. The van der Waals surface area contributed by atoms with Crippen molar-refractivity contribution in [3.05, 3.63) is 29.8 Å². The molecule has 0 saturated carbocycles. The Bertz CT molecular complexity index is 937. The summed E-state index contributed by atoms with van der Waals surface area (Å²) in [5.41, 5.74) is 1.86. The third-order valence-corrected chi connectivity index (χ3v) is 4.74. The van der Waals surface area contributed by atoms with Crippen molar-refractivity contribution in [1.82, 2.24) is 30.0 Å². The van der Waals surface area contributed by atoms with Gasteiger partial charge in [-0.05, 0) is 31.9 Å². The maximum atomic E-state index is 6.03. The van der Waals surface area contributed by atoms with Crippen LogP contribution in [0.3, 0.4) is 0 Å². The molecule has 0 atom stereocenters. The van der Waals surface area contributed by atoms with E-state index >= 15 is 0 Å². The summed E-state index contributed by atoms with van der Waals surface area (Å²) in [4.78, 5) is 15.4. The summed E-state index contributed by atoms with van der Waals surface area (Å²) in [5, 5.41) is 11.0. The molecule has 28 heavy (non-hydrogen) atoms. The molecule has 1 aliphatic rings. The molecule has 0 unspecified atom stereocenters. The number of fused-ring (bicyclic) bond motifs is 1. The average Bonchev–Trinajstić information content (AvgIpc) is 3.11. The lowest BCUT2D eigenvalue weighted by atomic mass is 10.1. The van der Waals surface area contributed by atoms with Crippen molar-refractivity contribution in [3.63, 3.8) is 0 Å². The third-order valence-electron chi connectivity index (χ3n) is 4.74. The largest absolute Gasteiger partial charge is 0.493 e. The Balaban J connectivity index is 1.42. The lowest BCUT2D eigenvalue weighted by molar-refractivity contribution is 0.0358. The quantitative estimate of drug-likeness (QED) is 0.599. The Morgan fingerprint density at radius 1 is 1.21 bits per heavy atom. The topological polar surface area (TPSA) is 101 Å². The molecule has 9 heteroatoms. The maximum Gasteiger partial charge on any atom is 0.247 e. The van der Waals surface area contributed by atoms with E-state index in [4.69, 9.17) is 9.47 Å². The van der Waals surface area contributed by atoms with Crippen molar-refractivity contribution in [2.24, 2.45) is 0 Å². The number of hydrogen-bond donors (Lipinski definition) is 2. The number of ether oxygens (including phenoxy) is 2. The predicted molar refractivity (Wildman–Crippen MR) is 106 cm³/mol. The van der Waals surface area contributed by atoms with Gasteiger partial charge in [-0.3, -0.25) is 10.00 Å².